The fourth-order valence-corrected chi connectivity index (χ4v) is 9.73. The molecule has 0 radical (unpaired) electrons. The Kier molecular flexibility index (Phi) is 21.5. The van der Waals surface area contributed by atoms with Crippen molar-refractivity contribution in [2.24, 2.45) is 17.4 Å². The molecule has 3 atom stereocenters. The van der Waals surface area contributed by atoms with Crippen LogP contribution in [0.1, 0.15) is 137 Å². The maximum atomic E-state index is 13.5. The lowest BCUT2D eigenvalue weighted by Crippen LogP contribution is -2.46. The number of alkyl halides is 6. The number of rotatable bonds is 19. The van der Waals surface area contributed by atoms with E-state index in [1.165, 1.54) is 54.4 Å². The average molecular weight is 1230 g/mol. The molecular formula is C64H89F6N15O3. The smallest absolute Gasteiger partial charge is 0.383 e. The number of nitrogens with two attached hydrogens (primary N) is 5. The first kappa shape index (κ1) is 65.9. The molecule has 1 fully saturated rings. The number of halogens is 6. The lowest BCUT2D eigenvalue weighted by Gasteiger charge is -2.35. The van der Waals surface area contributed by atoms with Crippen LogP contribution in [0.15, 0.2) is 159 Å². The van der Waals surface area contributed by atoms with Crippen LogP contribution in [-0.4, -0.2) is 85.5 Å². The molecule has 13 N–H and O–H groups in total. The molecule has 0 saturated carbocycles. The van der Waals surface area contributed by atoms with Gasteiger partial charge >= 0.3 is 12.4 Å². The van der Waals surface area contributed by atoms with Gasteiger partial charge in [-0.1, -0.05) is 94.1 Å². The molecule has 88 heavy (non-hydrogen) atoms. The topological polar surface area (TPSA) is 298 Å². The Bertz CT molecular complexity index is 3770. The normalized spacial score (nSPS) is 14.6. The molecule has 0 bridgehead atoms. The number of anilines is 6. The molecule has 2 aromatic carbocycles. The summed E-state index contributed by atoms with van der Waals surface area (Å²) in [6, 6.07) is 36.5. The van der Waals surface area contributed by atoms with E-state index in [1.54, 1.807) is 24.4 Å². The second-order valence-corrected chi connectivity index (χ2v) is 21.5. The summed E-state index contributed by atoms with van der Waals surface area (Å²) < 4.78 is 80.8. The lowest BCUT2D eigenvalue weighted by atomic mass is 9.88. The average Bonchev–Trinajstić information content (AvgIpc) is 0.803. The molecule has 1 saturated heterocycles. The summed E-state index contributed by atoms with van der Waals surface area (Å²) in [6.07, 6.45) is -2.33. The molecule has 1 aliphatic rings. The number of nitrogens with one attached hydrogen (secondary N) is 3. The van der Waals surface area contributed by atoms with Gasteiger partial charge in [-0.3, -0.25) is 14.4 Å². The Morgan fingerprint density at radius 1 is 0.648 bits per heavy atom. The van der Waals surface area contributed by atoms with Crippen LogP contribution in [0.4, 0.5) is 61.2 Å². The molecule has 480 valence electrons. The fraction of sp³-hybridized carbons (Fsp3) is 0.266. The number of nitrogen functional groups attached to an aromatic ring is 3. The van der Waals surface area contributed by atoms with Crippen molar-refractivity contribution in [1.82, 2.24) is 35.2 Å². The second kappa shape index (κ2) is 28.7. The third kappa shape index (κ3) is 16.9. The minimum absolute atomic E-state index is 0. The minimum Gasteiger partial charge on any atom is -0.383 e. The SMILES string of the molecule is C=Cc1ccc(N2CCN[C@H](c3ccccc3)C2)nc1C(=O)c1cccnc1N.CC(C)CC(C)(N)CNc1ccc(C(F)(F)F)c(C(=O)c2cccnc2N)n1.CCC(N)(CNc1ccc(C(F)(F)F)c(C(=O)c2cccnc2N)n1)c1ccccc1.[HH].[HH].[HH].[HH].[HH].[HH].[HH].[HH].[HH].[HH]. The Morgan fingerprint density at radius 2 is 1.11 bits per heavy atom. The van der Waals surface area contributed by atoms with Gasteiger partial charge in [0.15, 0.2) is 0 Å². The van der Waals surface area contributed by atoms with Gasteiger partial charge in [0.2, 0.25) is 17.3 Å². The number of carbonyl (C=O) groups excluding carboxylic acids is 3. The first-order chi connectivity index (χ1) is 41.7. The zero-order chi connectivity index (χ0) is 64.0. The molecule has 6 aromatic heterocycles. The van der Waals surface area contributed by atoms with Crippen molar-refractivity contribution in [3.63, 3.8) is 0 Å². The van der Waals surface area contributed by atoms with Gasteiger partial charge in [0, 0.05) is 82.7 Å². The van der Waals surface area contributed by atoms with E-state index in [0.29, 0.717) is 35.6 Å². The van der Waals surface area contributed by atoms with E-state index >= 15 is 0 Å². The van der Waals surface area contributed by atoms with E-state index < -0.39 is 57.5 Å². The van der Waals surface area contributed by atoms with Crippen LogP contribution >= 0.6 is 0 Å². The number of ketones is 3. The molecular weight excluding hydrogens is 1140 g/mol. The summed E-state index contributed by atoms with van der Waals surface area (Å²) >= 11 is 0. The molecule has 18 nitrogen and oxygen atoms in total. The van der Waals surface area contributed by atoms with E-state index in [2.05, 4.69) is 64.5 Å². The van der Waals surface area contributed by atoms with Crippen LogP contribution in [0.25, 0.3) is 6.08 Å². The molecule has 7 heterocycles. The molecule has 2 unspecified atom stereocenters. The molecule has 1 aliphatic heterocycles. The molecule has 0 spiro atoms. The number of aromatic nitrogens is 6. The van der Waals surface area contributed by atoms with E-state index in [4.69, 9.17) is 33.7 Å². The van der Waals surface area contributed by atoms with Gasteiger partial charge in [0.1, 0.15) is 52.0 Å². The van der Waals surface area contributed by atoms with Crippen LogP contribution in [0.5, 0.6) is 0 Å². The van der Waals surface area contributed by atoms with Gasteiger partial charge in [0.05, 0.1) is 33.4 Å². The zero-order valence-electron chi connectivity index (χ0n) is 48.8. The monoisotopic (exact) mass is 1230 g/mol. The van der Waals surface area contributed by atoms with E-state index in [9.17, 15) is 40.7 Å². The Hall–Kier alpha value is -9.65. The zero-order valence-corrected chi connectivity index (χ0v) is 48.8. The van der Waals surface area contributed by atoms with Crippen molar-refractivity contribution in [2.75, 3.05) is 65.5 Å². The molecule has 24 heteroatoms. The van der Waals surface area contributed by atoms with Crippen LogP contribution in [0.3, 0.4) is 0 Å². The number of hydrogen-bond acceptors (Lipinski definition) is 18. The first-order valence-corrected chi connectivity index (χ1v) is 27.9. The van der Waals surface area contributed by atoms with E-state index in [0.717, 1.165) is 43.1 Å². The summed E-state index contributed by atoms with van der Waals surface area (Å²) in [7, 11) is 0. The van der Waals surface area contributed by atoms with Gasteiger partial charge in [-0.2, -0.15) is 26.3 Å². The van der Waals surface area contributed by atoms with Crippen molar-refractivity contribution in [3.8, 4) is 0 Å². The predicted octanol–water partition coefficient (Wildman–Crippen LogP) is 13.0. The van der Waals surface area contributed by atoms with Crippen molar-refractivity contribution in [2.45, 2.75) is 70.0 Å². The number of carbonyl (C=O) groups is 3. The highest BCUT2D eigenvalue weighted by Gasteiger charge is 2.39. The molecule has 9 rings (SSSR count). The maximum Gasteiger partial charge on any atom is 0.418 e. The first-order valence-electron chi connectivity index (χ1n) is 27.9. The predicted molar refractivity (Wildman–Crippen MR) is 351 cm³/mol. The van der Waals surface area contributed by atoms with Crippen molar-refractivity contribution >= 4 is 58.3 Å². The third-order valence-corrected chi connectivity index (χ3v) is 14.2. The molecule has 0 aliphatic carbocycles. The Balaban J connectivity index is -0.000000644. The second-order valence-electron chi connectivity index (χ2n) is 21.5. The van der Waals surface area contributed by atoms with Gasteiger partial charge < -0.3 is 49.5 Å². The van der Waals surface area contributed by atoms with Crippen LogP contribution < -0.4 is 49.5 Å². The Morgan fingerprint density at radius 3 is 1.56 bits per heavy atom. The highest BCUT2D eigenvalue weighted by molar-refractivity contribution is 6.13. The van der Waals surface area contributed by atoms with Crippen LogP contribution in [0, 0.1) is 5.92 Å². The summed E-state index contributed by atoms with van der Waals surface area (Å²) in [5, 5.41) is 9.45. The van der Waals surface area contributed by atoms with Crippen molar-refractivity contribution in [3.05, 3.63) is 220 Å². The van der Waals surface area contributed by atoms with Gasteiger partial charge in [-0.25, -0.2) is 29.9 Å². The number of benzene rings is 2. The molecule has 8 aromatic rings. The number of pyridine rings is 6. The largest absolute Gasteiger partial charge is 0.418 e. The van der Waals surface area contributed by atoms with Crippen LogP contribution in [0.2, 0.25) is 0 Å². The van der Waals surface area contributed by atoms with Crippen molar-refractivity contribution < 1.29 is 55.0 Å². The van der Waals surface area contributed by atoms with Gasteiger partial charge in [-0.15, -0.1) is 0 Å². The highest BCUT2D eigenvalue weighted by atomic mass is 19.4. The van der Waals surface area contributed by atoms with E-state index in [-0.39, 0.29) is 79.4 Å². The Labute approximate surface area is 520 Å². The minimum atomic E-state index is -4.77. The number of nitrogens with zero attached hydrogens (tertiary/aromatic N) is 7. The summed E-state index contributed by atoms with van der Waals surface area (Å²) in [6.45, 7) is 14.5. The highest BCUT2D eigenvalue weighted by Crippen LogP contribution is 2.36. The lowest BCUT2D eigenvalue weighted by molar-refractivity contribution is -0.138. The third-order valence-electron chi connectivity index (χ3n) is 14.2. The standard InChI is InChI=1S/C23H23N5O.C22H22F3N5O.C19H24F3N5O.10H2/c1-2-16-10-11-20(27-21(16)22(29)18-9-6-12-26-23(18)24)28-14-13-25-19(15-28)17-7-4-3-5-8-17;1-2-21(27,14-7-4-3-5-8-14)13-29-17-11-10-16(22(23,24)25)18(30-17)19(31)15-9-6-12-28-20(15)26;1-11(2)9-18(3,24)10-26-14-7-6-13(19(20,21)22)15(27-14)16(28)12-5-4-8-25-17(12)23;;;;;;;;;;/h2-12,19,25H,1,13-15H2,(H2,24,26);3-12H,2,13,27H2,1H3,(H2,26,28)(H,29,30);4-8,11H,9-10,24H2,1-3H3,(H2,23,25)(H,26,27);10*1H/t19-;;;;;;;;;;;;/m0............/s1. The summed E-state index contributed by atoms with van der Waals surface area (Å²) in [5.74, 6) is -0.945. The number of hydrogen-bond donors (Lipinski definition) is 8. The maximum absolute atomic E-state index is 13.5. The summed E-state index contributed by atoms with van der Waals surface area (Å²) in [4.78, 5) is 65.0. The summed E-state index contributed by atoms with van der Waals surface area (Å²) in [5.41, 5.74) is 28.0. The molecule has 0 amide bonds. The fourth-order valence-electron chi connectivity index (χ4n) is 9.73. The van der Waals surface area contributed by atoms with Crippen molar-refractivity contribution in [1.29, 1.82) is 0 Å². The quantitative estimate of drug-likeness (QED) is 0.0276. The number of piperazine rings is 1. The van der Waals surface area contributed by atoms with Gasteiger partial charge in [-0.05, 0) is 110 Å². The van der Waals surface area contributed by atoms with Crippen LogP contribution in [-0.2, 0) is 17.9 Å². The van der Waals surface area contributed by atoms with E-state index in [1.807, 2.05) is 88.4 Å². The van der Waals surface area contributed by atoms with Gasteiger partial charge in [0.25, 0.3) is 0 Å².